The molecular weight excluding hydrogens is 344 g/mol. The van der Waals surface area contributed by atoms with Crippen molar-refractivity contribution in [2.75, 3.05) is 5.32 Å². The Morgan fingerprint density at radius 3 is 2.38 bits per heavy atom. The summed E-state index contributed by atoms with van der Waals surface area (Å²) in [7, 11) is 0. The molecule has 0 fully saturated rings. The minimum atomic E-state index is -0.0948. The van der Waals surface area contributed by atoms with Gasteiger partial charge >= 0.3 is 0 Å². The number of aromatic nitrogens is 3. The molecular formula is C20H24N4OS. The zero-order valence-electron chi connectivity index (χ0n) is 15.8. The molecule has 0 atom stereocenters. The summed E-state index contributed by atoms with van der Waals surface area (Å²) in [5, 5.41) is 8.87. The molecule has 3 aromatic rings. The maximum atomic E-state index is 12.1. The van der Waals surface area contributed by atoms with Gasteiger partial charge in [-0.1, -0.05) is 41.7 Å². The molecule has 2 heterocycles. The first-order valence-electron chi connectivity index (χ1n) is 8.69. The van der Waals surface area contributed by atoms with Gasteiger partial charge in [0.05, 0.1) is 16.6 Å². The Bertz CT molecular complexity index is 952. The molecule has 0 amide bonds. The largest absolute Gasteiger partial charge is 0.357 e. The van der Waals surface area contributed by atoms with Crippen molar-refractivity contribution in [2.24, 2.45) is 0 Å². The predicted octanol–water partition coefficient (Wildman–Crippen LogP) is 4.83. The fourth-order valence-electron chi connectivity index (χ4n) is 2.58. The highest BCUT2D eigenvalue weighted by molar-refractivity contribution is 7.19. The molecule has 0 saturated carbocycles. The molecule has 0 aliphatic rings. The molecule has 26 heavy (non-hydrogen) atoms. The molecule has 2 aromatic heterocycles. The van der Waals surface area contributed by atoms with Crippen LogP contribution in [0.3, 0.4) is 0 Å². The van der Waals surface area contributed by atoms with Crippen LogP contribution in [0.5, 0.6) is 0 Å². The van der Waals surface area contributed by atoms with Gasteiger partial charge in [0.25, 0.3) is 5.56 Å². The van der Waals surface area contributed by atoms with E-state index in [1.807, 2.05) is 44.2 Å². The van der Waals surface area contributed by atoms with Crippen LogP contribution >= 0.6 is 11.3 Å². The highest BCUT2D eigenvalue weighted by Crippen LogP contribution is 2.38. The Labute approximate surface area is 157 Å². The summed E-state index contributed by atoms with van der Waals surface area (Å²) in [6, 6.07) is 13.4. The first-order chi connectivity index (χ1) is 12.2. The van der Waals surface area contributed by atoms with Crippen molar-refractivity contribution < 1.29 is 0 Å². The van der Waals surface area contributed by atoms with E-state index < -0.39 is 0 Å². The van der Waals surface area contributed by atoms with Crippen molar-refractivity contribution in [1.29, 1.82) is 0 Å². The zero-order chi connectivity index (χ0) is 18.9. The monoisotopic (exact) mass is 368 g/mol. The van der Waals surface area contributed by atoms with Gasteiger partial charge in [-0.2, -0.15) is 5.10 Å². The fraction of sp³-hybridized carbons (Fsp3) is 0.350. The molecule has 3 rings (SSSR count). The lowest BCUT2D eigenvalue weighted by molar-refractivity contribution is 0.505. The second kappa shape index (κ2) is 7.03. The number of nitrogens with zero attached hydrogens (tertiary/aromatic N) is 3. The van der Waals surface area contributed by atoms with E-state index in [0.717, 1.165) is 27.0 Å². The molecule has 0 spiro atoms. The second-order valence-corrected chi connectivity index (χ2v) is 8.53. The fourth-order valence-corrected chi connectivity index (χ4v) is 3.74. The summed E-state index contributed by atoms with van der Waals surface area (Å²) in [5.74, 6) is 0. The minimum absolute atomic E-state index is 0.00252. The maximum absolute atomic E-state index is 12.1. The van der Waals surface area contributed by atoms with Crippen LogP contribution in [0.25, 0.3) is 21.8 Å². The van der Waals surface area contributed by atoms with E-state index >= 15 is 0 Å². The van der Waals surface area contributed by atoms with Crippen LogP contribution in [0.15, 0.2) is 47.3 Å². The van der Waals surface area contributed by atoms with Gasteiger partial charge in [-0.15, -0.1) is 0 Å². The van der Waals surface area contributed by atoms with E-state index in [4.69, 9.17) is 4.98 Å². The Morgan fingerprint density at radius 1 is 1.08 bits per heavy atom. The maximum Gasteiger partial charge on any atom is 0.267 e. The van der Waals surface area contributed by atoms with Crippen LogP contribution in [0.1, 0.15) is 40.7 Å². The first-order valence-corrected chi connectivity index (χ1v) is 9.51. The highest BCUT2D eigenvalue weighted by atomic mass is 32.1. The minimum Gasteiger partial charge on any atom is -0.357 e. The normalized spacial score (nSPS) is 11.8. The number of rotatable bonds is 4. The molecule has 1 aromatic carbocycles. The van der Waals surface area contributed by atoms with Crippen molar-refractivity contribution in [2.45, 2.75) is 46.2 Å². The number of anilines is 1. The lowest BCUT2D eigenvalue weighted by Gasteiger charge is -2.19. The smallest absolute Gasteiger partial charge is 0.267 e. The van der Waals surface area contributed by atoms with Gasteiger partial charge < -0.3 is 5.32 Å². The highest BCUT2D eigenvalue weighted by Gasteiger charge is 2.20. The SMILES string of the molecule is CC(C)n1nc(-c2sc(NC(C)(C)C)nc2-c2ccccc2)ccc1=O. The molecule has 1 N–H and O–H groups in total. The zero-order valence-corrected chi connectivity index (χ0v) is 16.6. The summed E-state index contributed by atoms with van der Waals surface area (Å²) >= 11 is 1.56. The second-order valence-electron chi connectivity index (χ2n) is 7.53. The Morgan fingerprint density at radius 2 is 1.77 bits per heavy atom. The van der Waals surface area contributed by atoms with Crippen molar-refractivity contribution in [3.05, 3.63) is 52.8 Å². The lowest BCUT2D eigenvalue weighted by atomic mass is 10.1. The Hall–Kier alpha value is -2.47. The number of nitrogens with one attached hydrogen (secondary N) is 1. The van der Waals surface area contributed by atoms with Gasteiger partial charge in [0.15, 0.2) is 5.13 Å². The third kappa shape index (κ3) is 4.02. The van der Waals surface area contributed by atoms with Gasteiger partial charge in [0, 0.05) is 17.2 Å². The molecule has 0 saturated heterocycles. The van der Waals surface area contributed by atoms with E-state index in [1.165, 1.54) is 4.68 Å². The van der Waals surface area contributed by atoms with Crippen LogP contribution < -0.4 is 10.9 Å². The topological polar surface area (TPSA) is 59.8 Å². The van der Waals surface area contributed by atoms with Crippen molar-refractivity contribution in [1.82, 2.24) is 14.8 Å². The molecule has 136 valence electrons. The van der Waals surface area contributed by atoms with Gasteiger partial charge in [0.1, 0.15) is 5.69 Å². The molecule has 6 heteroatoms. The lowest BCUT2D eigenvalue weighted by Crippen LogP contribution is -2.25. The average Bonchev–Trinajstić information content (AvgIpc) is 2.97. The summed E-state index contributed by atoms with van der Waals surface area (Å²) < 4.78 is 1.51. The van der Waals surface area contributed by atoms with Gasteiger partial charge in [0.2, 0.25) is 0 Å². The van der Waals surface area contributed by atoms with Crippen LogP contribution in [-0.4, -0.2) is 20.3 Å². The van der Waals surface area contributed by atoms with E-state index in [0.29, 0.717) is 0 Å². The first kappa shape index (κ1) is 18.3. The van der Waals surface area contributed by atoms with E-state index in [-0.39, 0.29) is 17.1 Å². The number of thiazole rings is 1. The van der Waals surface area contributed by atoms with Crippen molar-refractivity contribution >= 4 is 16.5 Å². The van der Waals surface area contributed by atoms with Crippen LogP contribution in [0.2, 0.25) is 0 Å². The van der Waals surface area contributed by atoms with Gasteiger partial charge in [-0.25, -0.2) is 9.67 Å². The quantitative estimate of drug-likeness (QED) is 0.717. The third-order valence-corrected chi connectivity index (χ3v) is 4.70. The Kier molecular flexibility index (Phi) is 4.96. The summed E-state index contributed by atoms with van der Waals surface area (Å²) in [5.41, 5.74) is 2.49. The molecule has 0 aliphatic heterocycles. The van der Waals surface area contributed by atoms with Crippen LogP contribution in [-0.2, 0) is 0 Å². The molecule has 0 aliphatic carbocycles. The summed E-state index contributed by atoms with van der Waals surface area (Å²) in [4.78, 5) is 17.8. The third-order valence-electron chi connectivity index (χ3n) is 3.70. The van der Waals surface area contributed by atoms with Crippen LogP contribution in [0, 0.1) is 0 Å². The van der Waals surface area contributed by atoms with Crippen molar-refractivity contribution in [3.63, 3.8) is 0 Å². The van der Waals surface area contributed by atoms with Gasteiger partial charge in [-0.3, -0.25) is 4.79 Å². The molecule has 0 bridgehead atoms. The number of hydrogen-bond acceptors (Lipinski definition) is 5. The molecule has 5 nitrogen and oxygen atoms in total. The summed E-state index contributed by atoms with van der Waals surface area (Å²) in [6.07, 6.45) is 0. The van der Waals surface area contributed by atoms with Crippen LogP contribution in [0.4, 0.5) is 5.13 Å². The van der Waals surface area contributed by atoms with Gasteiger partial charge in [-0.05, 0) is 40.7 Å². The van der Waals surface area contributed by atoms with E-state index in [9.17, 15) is 4.79 Å². The molecule has 0 radical (unpaired) electrons. The average molecular weight is 369 g/mol. The molecule has 0 unspecified atom stereocenters. The summed E-state index contributed by atoms with van der Waals surface area (Å²) in [6.45, 7) is 10.2. The van der Waals surface area contributed by atoms with E-state index in [2.05, 4.69) is 31.2 Å². The van der Waals surface area contributed by atoms with E-state index in [1.54, 1.807) is 23.5 Å². The predicted molar refractivity (Wildman–Crippen MR) is 109 cm³/mol. The Balaban J connectivity index is 2.16. The van der Waals surface area contributed by atoms with Crippen molar-refractivity contribution in [3.8, 4) is 21.8 Å². The number of benzene rings is 1. The standard InChI is InChI=1S/C20H24N4OS/c1-13(2)24-16(25)12-11-15(23-24)18-17(14-9-7-6-8-10-14)21-19(26-18)22-20(3,4)5/h6-13H,1-5H3,(H,21,22). The number of hydrogen-bond donors (Lipinski definition) is 1.